The van der Waals surface area contributed by atoms with Gasteiger partial charge in [0.05, 0.1) is 10.7 Å². The molecule has 1 N–H and O–H groups in total. The van der Waals surface area contributed by atoms with E-state index in [1.54, 1.807) is 6.07 Å². The van der Waals surface area contributed by atoms with Crippen LogP contribution in [0, 0.1) is 5.82 Å². The molecule has 0 spiro atoms. The summed E-state index contributed by atoms with van der Waals surface area (Å²) in [5.74, 6) is -0.269. The van der Waals surface area contributed by atoms with Gasteiger partial charge in [-0.25, -0.2) is 4.39 Å². The first-order chi connectivity index (χ1) is 8.56. The first kappa shape index (κ1) is 13.8. The lowest BCUT2D eigenvalue weighted by Crippen LogP contribution is -2.00. The number of hydrogen-bond donors (Lipinski definition) is 1. The lowest BCUT2D eigenvalue weighted by molar-refractivity contribution is 0.628. The minimum absolute atomic E-state index is 0.269. The van der Waals surface area contributed by atoms with Gasteiger partial charge in [-0.3, -0.25) is 0 Å². The summed E-state index contributed by atoms with van der Waals surface area (Å²) in [5.41, 5.74) is 1.74. The number of benzene rings is 2. The Morgan fingerprint density at radius 1 is 1.06 bits per heavy atom. The lowest BCUT2D eigenvalue weighted by Gasteiger charge is -2.09. The SMILES string of the molecule is Fc1ccc(Br)c(NCc2ccc(Br)c(Cl)c2)c1. The van der Waals surface area contributed by atoms with Gasteiger partial charge in [-0.1, -0.05) is 17.7 Å². The van der Waals surface area contributed by atoms with Crippen molar-refractivity contribution in [2.75, 3.05) is 5.32 Å². The number of nitrogens with one attached hydrogen (secondary N) is 1. The van der Waals surface area contributed by atoms with E-state index < -0.39 is 0 Å². The minimum Gasteiger partial charge on any atom is -0.380 e. The molecule has 0 bridgehead atoms. The summed E-state index contributed by atoms with van der Waals surface area (Å²) in [4.78, 5) is 0. The third kappa shape index (κ3) is 3.46. The van der Waals surface area contributed by atoms with Crippen LogP contribution in [0.1, 0.15) is 5.56 Å². The third-order valence-electron chi connectivity index (χ3n) is 2.40. The van der Waals surface area contributed by atoms with Crippen LogP contribution in [0.5, 0.6) is 0 Å². The second kappa shape index (κ2) is 6.04. The van der Waals surface area contributed by atoms with Crippen molar-refractivity contribution in [2.45, 2.75) is 6.54 Å². The van der Waals surface area contributed by atoms with E-state index in [1.807, 2.05) is 18.2 Å². The molecule has 5 heteroatoms. The molecule has 0 aliphatic rings. The Morgan fingerprint density at radius 2 is 1.78 bits per heavy atom. The van der Waals surface area contributed by atoms with E-state index in [1.165, 1.54) is 12.1 Å². The second-order valence-electron chi connectivity index (χ2n) is 3.73. The summed E-state index contributed by atoms with van der Waals surface area (Å²) < 4.78 is 14.8. The molecule has 2 rings (SSSR count). The molecule has 0 fully saturated rings. The maximum Gasteiger partial charge on any atom is 0.125 e. The molecule has 0 aromatic heterocycles. The summed E-state index contributed by atoms with van der Waals surface area (Å²) >= 11 is 12.7. The molecular weight excluding hydrogens is 384 g/mol. The first-order valence-electron chi connectivity index (χ1n) is 5.19. The Morgan fingerprint density at radius 3 is 2.50 bits per heavy atom. The maximum absolute atomic E-state index is 13.1. The molecule has 2 aromatic carbocycles. The van der Waals surface area contributed by atoms with Crippen molar-refractivity contribution in [1.82, 2.24) is 0 Å². The smallest absolute Gasteiger partial charge is 0.125 e. The highest BCUT2D eigenvalue weighted by Gasteiger charge is 2.03. The van der Waals surface area contributed by atoms with Crippen molar-refractivity contribution in [3.8, 4) is 0 Å². The molecule has 1 nitrogen and oxygen atoms in total. The fourth-order valence-electron chi connectivity index (χ4n) is 1.48. The standard InChI is InChI=1S/C13H9Br2ClFN/c14-10-3-1-8(5-12(10)16)7-18-13-6-9(17)2-4-11(13)15/h1-6,18H,7H2. The highest BCUT2D eigenvalue weighted by Crippen LogP contribution is 2.26. The van der Waals surface area contributed by atoms with E-state index in [4.69, 9.17) is 11.6 Å². The van der Waals surface area contributed by atoms with Gasteiger partial charge >= 0.3 is 0 Å². The van der Waals surface area contributed by atoms with Crippen LogP contribution in [0.15, 0.2) is 45.3 Å². The largest absolute Gasteiger partial charge is 0.380 e. The van der Waals surface area contributed by atoms with Gasteiger partial charge in [0.15, 0.2) is 0 Å². The highest BCUT2D eigenvalue weighted by atomic mass is 79.9. The molecule has 0 aliphatic carbocycles. The van der Waals surface area contributed by atoms with Crippen LogP contribution in [-0.2, 0) is 6.54 Å². The van der Waals surface area contributed by atoms with Crippen molar-refractivity contribution in [3.63, 3.8) is 0 Å². The number of hydrogen-bond acceptors (Lipinski definition) is 1. The van der Waals surface area contributed by atoms with Gasteiger partial charge in [-0.15, -0.1) is 0 Å². The van der Waals surface area contributed by atoms with Crippen molar-refractivity contribution >= 4 is 49.1 Å². The molecule has 94 valence electrons. The lowest BCUT2D eigenvalue weighted by atomic mass is 10.2. The minimum atomic E-state index is -0.269. The van der Waals surface area contributed by atoms with Crippen molar-refractivity contribution in [3.05, 3.63) is 61.7 Å². The quantitative estimate of drug-likeness (QED) is 0.714. The topological polar surface area (TPSA) is 12.0 Å². The normalized spacial score (nSPS) is 10.4. The Bertz CT molecular complexity index is 575. The Kier molecular flexibility index (Phi) is 4.65. The van der Waals surface area contributed by atoms with E-state index in [2.05, 4.69) is 37.2 Å². The molecule has 0 atom stereocenters. The van der Waals surface area contributed by atoms with Gasteiger partial charge < -0.3 is 5.32 Å². The highest BCUT2D eigenvalue weighted by molar-refractivity contribution is 9.11. The van der Waals surface area contributed by atoms with Crippen molar-refractivity contribution < 1.29 is 4.39 Å². The summed E-state index contributed by atoms with van der Waals surface area (Å²) in [6.07, 6.45) is 0. The fraction of sp³-hybridized carbons (Fsp3) is 0.0769. The van der Waals surface area contributed by atoms with Gasteiger partial charge in [0, 0.05) is 15.5 Å². The van der Waals surface area contributed by atoms with Crippen LogP contribution in [0.25, 0.3) is 0 Å². The third-order valence-corrected chi connectivity index (χ3v) is 4.32. The molecule has 0 aliphatic heterocycles. The predicted molar refractivity (Wildman–Crippen MR) is 80.6 cm³/mol. The van der Waals surface area contributed by atoms with Crippen LogP contribution in [0.4, 0.5) is 10.1 Å². The van der Waals surface area contributed by atoms with Crippen LogP contribution >= 0.6 is 43.5 Å². The van der Waals surface area contributed by atoms with Gasteiger partial charge in [0.1, 0.15) is 5.82 Å². The molecule has 0 radical (unpaired) electrons. The maximum atomic E-state index is 13.1. The second-order valence-corrected chi connectivity index (χ2v) is 5.84. The zero-order valence-electron chi connectivity index (χ0n) is 9.18. The fourth-order valence-corrected chi connectivity index (χ4v) is 2.32. The summed E-state index contributed by atoms with van der Waals surface area (Å²) in [5, 5.41) is 3.82. The van der Waals surface area contributed by atoms with E-state index in [0.717, 1.165) is 14.5 Å². The van der Waals surface area contributed by atoms with Crippen molar-refractivity contribution in [1.29, 1.82) is 0 Å². The molecule has 2 aromatic rings. The van der Waals surface area contributed by atoms with Gasteiger partial charge in [-0.2, -0.15) is 0 Å². The van der Waals surface area contributed by atoms with Crippen LogP contribution < -0.4 is 5.32 Å². The van der Waals surface area contributed by atoms with E-state index in [0.29, 0.717) is 17.3 Å². The van der Waals surface area contributed by atoms with E-state index in [9.17, 15) is 4.39 Å². The Balaban J connectivity index is 2.11. The van der Waals surface area contributed by atoms with Gasteiger partial charge in [0.2, 0.25) is 0 Å². The van der Waals surface area contributed by atoms with Gasteiger partial charge in [-0.05, 0) is 67.8 Å². The molecule has 0 saturated heterocycles. The number of rotatable bonds is 3. The van der Waals surface area contributed by atoms with E-state index >= 15 is 0 Å². The molecule has 0 amide bonds. The predicted octanol–water partition coefficient (Wildman–Crippen LogP) is 5.62. The summed E-state index contributed by atoms with van der Waals surface area (Å²) in [6.45, 7) is 0.578. The Hall–Kier alpha value is -0.580. The Labute approximate surface area is 127 Å². The zero-order chi connectivity index (χ0) is 13.1. The summed E-state index contributed by atoms with van der Waals surface area (Å²) in [7, 11) is 0. The monoisotopic (exact) mass is 391 g/mol. The van der Waals surface area contributed by atoms with Crippen LogP contribution in [0.3, 0.4) is 0 Å². The molecule has 0 heterocycles. The zero-order valence-corrected chi connectivity index (χ0v) is 13.1. The molecule has 0 saturated carbocycles. The first-order valence-corrected chi connectivity index (χ1v) is 7.15. The van der Waals surface area contributed by atoms with Crippen molar-refractivity contribution in [2.24, 2.45) is 0 Å². The molecule has 0 unspecified atom stereocenters. The average Bonchev–Trinajstić information content (AvgIpc) is 2.34. The number of halogens is 4. The van der Waals surface area contributed by atoms with Crippen LogP contribution in [0.2, 0.25) is 5.02 Å². The molecule has 18 heavy (non-hydrogen) atoms. The summed E-state index contributed by atoms with van der Waals surface area (Å²) in [6, 6.07) is 10.2. The van der Waals surface area contributed by atoms with Gasteiger partial charge in [0.25, 0.3) is 0 Å². The van der Waals surface area contributed by atoms with E-state index in [-0.39, 0.29) is 5.82 Å². The van der Waals surface area contributed by atoms with Crippen LogP contribution in [-0.4, -0.2) is 0 Å². The number of anilines is 1. The average molecular weight is 393 g/mol. The molecular formula is C13H9Br2ClFN.